The molecular weight excluding hydrogens is 146 g/mol. The van der Waals surface area contributed by atoms with Gasteiger partial charge in [0.2, 0.25) is 0 Å². The van der Waals surface area contributed by atoms with E-state index in [0.29, 0.717) is 0 Å². The fourth-order valence-corrected chi connectivity index (χ4v) is 1.93. The first kappa shape index (κ1) is 10.0. The average molecular weight is 169 g/mol. The van der Waals surface area contributed by atoms with Gasteiger partial charge in [0.25, 0.3) is 0 Å². The van der Waals surface area contributed by atoms with Gasteiger partial charge in [-0.05, 0) is 37.8 Å². The number of unbranched alkanes of at least 4 members (excludes halogenated alkanes) is 1. The van der Waals surface area contributed by atoms with Crippen molar-refractivity contribution < 1.29 is 0 Å². The molecule has 1 nitrogen and oxygen atoms in total. The van der Waals surface area contributed by atoms with Crippen molar-refractivity contribution in [2.24, 2.45) is 11.8 Å². The lowest BCUT2D eigenvalue weighted by molar-refractivity contribution is 0.137. The minimum Gasteiger partial charge on any atom is -0.303 e. The highest BCUT2D eigenvalue weighted by atomic mass is 15.1. The lowest BCUT2D eigenvalue weighted by Crippen LogP contribution is -2.38. The van der Waals surface area contributed by atoms with E-state index in [2.05, 4.69) is 25.7 Å². The molecule has 0 aliphatic carbocycles. The number of hydrogen-bond donors (Lipinski definition) is 0. The smallest absolute Gasteiger partial charge is 0.000957 e. The largest absolute Gasteiger partial charge is 0.303 e. The Balaban J connectivity index is 2.21. The van der Waals surface area contributed by atoms with E-state index in [4.69, 9.17) is 0 Å². The Morgan fingerprint density at radius 1 is 1.25 bits per heavy atom. The van der Waals surface area contributed by atoms with Crippen molar-refractivity contribution >= 4 is 0 Å². The number of nitrogens with zero attached hydrogens (tertiary/aromatic N) is 1. The molecule has 0 amide bonds. The van der Waals surface area contributed by atoms with Gasteiger partial charge in [-0.3, -0.25) is 0 Å². The summed E-state index contributed by atoms with van der Waals surface area (Å²) in [5.74, 6) is 1.86. The van der Waals surface area contributed by atoms with Gasteiger partial charge in [0, 0.05) is 6.54 Å². The fourth-order valence-electron chi connectivity index (χ4n) is 1.93. The van der Waals surface area contributed by atoms with Gasteiger partial charge in [-0.25, -0.2) is 0 Å². The molecule has 1 aliphatic heterocycles. The maximum absolute atomic E-state index is 2.63. The molecule has 1 heterocycles. The molecule has 1 heteroatoms. The van der Waals surface area contributed by atoms with Crippen LogP contribution in [0.2, 0.25) is 0 Å². The summed E-state index contributed by atoms with van der Waals surface area (Å²) in [4.78, 5) is 2.63. The molecule has 2 unspecified atom stereocenters. The zero-order chi connectivity index (χ0) is 8.97. The Bertz CT molecular complexity index is 120. The zero-order valence-electron chi connectivity index (χ0n) is 8.84. The Morgan fingerprint density at radius 2 is 2.00 bits per heavy atom. The second kappa shape index (κ2) is 4.86. The zero-order valence-corrected chi connectivity index (χ0v) is 8.84. The predicted molar refractivity (Wildman–Crippen MR) is 54.3 cm³/mol. The van der Waals surface area contributed by atoms with Crippen molar-refractivity contribution in [3.63, 3.8) is 0 Å². The minimum atomic E-state index is 0.913. The Hall–Kier alpha value is -0.0400. The number of piperidine rings is 1. The fraction of sp³-hybridized carbons (Fsp3) is 1.00. The summed E-state index contributed by atoms with van der Waals surface area (Å²) in [5.41, 5.74) is 0. The molecule has 72 valence electrons. The standard InChI is InChI=1S/C11H23N/c1-4-5-7-12-8-6-10(2)11(3)9-12/h10-11H,4-9H2,1-3H3. The number of likely N-dealkylation sites (tertiary alicyclic amines) is 1. The molecule has 0 spiro atoms. The maximum Gasteiger partial charge on any atom is 0.000957 e. The molecule has 0 radical (unpaired) electrons. The van der Waals surface area contributed by atoms with Gasteiger partial charge >= 0.3 is 0 Å². The van der Waals surface area contributed by atoms with E-state index in [9.17, 15) is 0 Å². The molecule has 1 aliphatic rings. The third-order valence-electron chi connectivity index (χ3n) is 3.25. The summed E-state index contributed by atoms with van der Waals surface area (Å²) in [6, 6.07) is 0. The second-order valence-corrected chi connectivity index (χ2v) is 4.40. The van der Waals surface area contributed by atoms with Gasteiger partial charge in [-0.15, -0.1) is 0 Å². The van der Waals surface area contributed by atoms with Gasteiger partial charge in [0.15, 0.2) is 0 Å². The van der Waals surface area contributed by atoms with Crippen LogP contribution in [-0.2, 0) is 0 Å². The van der Waals surface area contributed by atoms with Gasteiger partial charge in [-0.1, -0.05) is 27.2 Å². The van der Waals surface area contributed by atoms with Crippen LogP contribution < -0.4 is 0 Å². The van der Waals surface area contributed by atoms with Crippen LogP contribution in [0.1, 0.15) is 40.0 Å². The first-order chi connectivity index (χ1) is 5.74. The summed E-state index contributed by atoms with van der Waals surface area (Å²) in [7, 11) is 0. The normalized spacial score (nSPS) is 32.2. The van der Waals surface area contributed by atoms with E-state index < -0.39 is 0 Å². The molecule has 0 N–H and O–H groups in total. The summed E-state index contributed by atoms with van der Waals surface area (Å²) in [5, 5.41) is 0. The number of rotatable bonds is 3. The van der Waals surface area contributed by atoms with E-state index in [1.807, 2.05) is 0 Å². The van der Waals surface area contributed by atoms with Gasteiger partial charge < -0.3 is 4.90 Å². The van der Waals surface area contributed by atoms with Crippen molar-refractivity contribution in [2.45, 2.75) is 40.0 Å². The van der Waals surface area contributed by atoms with Crippen molar-refractivity contribution in [3.8, 4) is 0 Å². The minimum absolute atomic E-state index is 0.913. The Morgan fingerprint density at radius 3 is 2.58 bits per heavy atom. The summed E-state index contributed by atoms with van der Waals surface area (Å²) in [6.07, 6.45) is 4.12. The second-order valence-electron chi connectivity index (χ2n) is 4.40. The molecule has 0 aromatic heterocycles. The Kier molecular flexibility index (Phi) is 4.07. The van der Waals surface area contributed by atoms with Crippen molar-refractivity contribution in [2.75, 3.05) is 19.6 Å². The van der Waals surface area contributed by atoms with Crippen LogP contribution in [0, 0.1) is 11.8 Å². The van der Waals surface area contributed by atoms with Crippen LogP contribution in [0.4, 0.5) is 0 Å². The van der Waals surface area contributed by atoms with E-state index >= 15 is 0 Å². The predicted octanol–water partition coefficient (Wildman–Crippen LogP) is 2.76. The third kappa shape index (κ3) is 2.78. The first-order valence-electron chi connectivity index (χ1n) is 5.46. The van der Waals surface area contributed by atoms with Crippen LogP contribution >= 0.6 is 0 Å². The van der Waals surface area contributed by atoms with Gasteiger partial charge in [0.1, 0.15) is 0 Å². The van der Waals surface area contributed by atoms with Crippen molar-refractivity contribution in [3.05, 3.63) is 0 Å². The molecule has 1 fully saturated rings. The van der Waals surface area contributed by atoms with E-state index in [1.54, 1.807) is 0 Å². The molecule has 0 aromatic carbocycles. The van der Waals surface area contributed by atoms with Crippen LogP contribution in [0.5, 0.6) is 0 Å². The molecule has 2 atom stereocenters. The van der Waals surface area contributed by atoms with Crippen LogP contribution in [-0.4, -0.2) is 24.5 Å². The SMILES string of the molecule is CCCCN1CCC(C)C(C)C1. The highest BCUT2D eigenvalue weighted by Gasteiger charge is 2.21. The van der Waals surface area contributed by atoms with E-state index in [1.165, 1.54) is 38.9 Å². The monoisotopic (exact) mass is 169 g/mol. The highest BCUT2D eigenvalue weighted by molar-refractivity contribution is 4.74. The molecule has 1 rings (SSSR count). The highest BCUT2D eigenvalue weighted by Crippen LogP contribution is 2.22. The molecular formula is C11H23N. The molecule has 12 heavy (non-hydrogen) atoms. The van der Waals surface area contributed by atoms with Gasteiger partial charge in [0.05, 0.1) is 0 Å². The van der Waals surface area contributed by atoms with E-state index in [0.717, 1.165) is 11.8 Å². The molecule has 0 bridgehead atoms. The molecule has 1 saturated heterocycles. The molecule has 0 saturated carbocycles. The van der Waals surface area contributed by atoms with Gasteiger partial charge in [-0.2, -0.15) is 0 Å². The quantitative estimate of drug-likeness (QED) is 0.628. The van der Waals surface area contributed by atoms with Crippen molar-refractivity contribution in [1.29, 1.82) is 0 Å². The summed E-state index contributed by atoms with van der Waals surface area (Å²) < 4.78 is 0. The Labute approximate surface area is 77.1 Å². The maximum atomic E-state index is 2.63. The van der Waals surface area contributed by atoms with E-state index in [-0.39, 0.29) is 0 Å². The third-order valence-corrected chi connectivity index (χ3v) is 3.25. The summed E-state index contributed by atoms with van der Waals surface area (Å²) in [6.45, 7) is 11.1. The topological polar surface area (TPSA) is 3.24 Å². The lowest BCUT2D eigenvalue weighted by atomic mass is 9.88. The van der Waals surface area contributed by atoms with Crippen molar-refractivity contribution in [1.82, 2.24) is 4.90 Å². The van der Waals surface area contributed by atoms with Crippen LogP contribution in [0.15, 0.2) is 0 Å². The van der Waals surface area contributed by atoms with Crippen LogP contribution in [0.25, 0.3) is 0 Å². The number of hydrogen-bond acceptors (Lipinski definition) is 1. The molecule has 0 aromatic rings. The summed E-state index contributed by atoms with van der Waals surface area (Å²) >= 11 is 0. The average Bonchev–Trinajstić information content (AvgIpc) is 2.07. The van der Waals surface area contributed by atoms with Crippen LogP contribution in [0.3, 0.4) is 0 Å². The lowest BCUT2D eigenvalue weighted by Gasteiger charge is -2.35. The first-order valence-corrected chi connectivity index (χ1v) is 5.46.